The van der Waals surface area contributed by atoms with Crippen molar-refractivity contribution in [2.24, 2.45) is 0 Å². The Labute approximate surface area is 149 Å². The Morgan fingerprint density at radius 1 is 0.640 bits per heavy atom. The summed E-state index contributed by atoms with van der Waals surface area (Å²) in [6, 6.07) is 26.8. The molecule has 124 valence electrons. The number of rotatable bonds is 6. The molecule has 0 aromatic heterocycles. The summed E-state index contributed by atoms with van der Waals surface area (Å²) in [6.45, 7) is 2.66. The van der Waals surface area contributed by atoms with Gasteiger partial charge >= 0.3 is 0 Å². The average molecular weight is 326 g/mol. The molecule has 3 rings (SSSR count). The van der Waals surface area contributed by atoms with Crippen LogP contribution >= 0.6 is 0 Å². The lowest BCUT2D eigenvalue weighted by molar-refractivity contribution is 0.339. The summed E-state index contributed by atoms with van der Waals surface area (Å²) in [5.74, 6) is 0.907. The van der Waals surface area contributed by atoms with Crippen molar-refractivity contribution in [3.8, 4) is 5.75 Å². The first-order valence-corrected chi connectivity index (χ1v) is 8.59. The van der Waals surface area contributed by atoms with Gasteiger partial charge in [0, 0.05) is 5.56 Å². The Bertz CT molecular complexity index is 846. The summed E-state index contributed by atoms with van der Waals surface area (Å²) in [6.07, 6.45) is 8.52. The minimum atomic E-state index is 0.651. The van der Waals surface area contributed by atoms with E-state index in [1.54, 1.807) is 0 Å². The normalized spacial score (nSPS) is 11.2. The van der Waals surface area contributed by atoms with Gasteiger partial charge < -0.3 is 4.74 Å². The minimum absolute atomic E-state index is 0.651. The summed E-state index contributed by atoms with van der Waals surface area (Å²) >= 11 is 0. The van der Waals surface area contributed by atoms with Gasteiger partial charge in [0.1, 0.15) is 5.75 Å². The molecular weight excluding hydrogens is 304 g/mol. The molecule has 1 nitrogen and oxygen atoms in total. The van der Waals surface area contributed by atoms with Gasteiger partial charge in [0.05, 0.1) is 6.61 Å². The fraction of sp³-hybridized carbons (Fsp3) is 0.0833. The number of hydrogen-bond acceptors (Lipinski definition) is 1. The molecule has 0 spiro atoms. The van der Waals surface area contributed by atoms with E-state index in [1.165, 1.54) is 11.1 Å². The van der Waals surface area contributed by atoms with Crippen molar-refractivity contribution >= 4 is 24.3 Å². The molecule has 1 heteroatoms. The molecule has 3 aromatic rings. The second-order valence-corrected chi connectivity index (χ2v) is 5.68. The molecule has 0 aliphatic rings. The first kappa shape index (κ1) is 16.8. The summed E-state index contributed by atoms with van der Waals surface area (Å²) in [5.41, 5.74) is 4.59. The lowest BCUT2D eigenvalue weighted by Crippen LogP contribution is -1.95. The van der Waals surface area contributed by atoms with Crippen LogP contribution in [0, 0.1) is 0 Å². The SMILES string of the molecule is CCOc1cccc(C=Cc2ccccc2)c1C=Cc1ccccc1. The molecule has 0 aliphatic carbocycles. The molecule has 25 heavy (non-hydrogen) atoms. The summed E-state index contributed by atoms with van der Waals surface area (Å²) in [4.78, 5) is 0. The van der Waals surface area contributed by atoms with Crippen LogP contribution < -0.4 is 4.74 Å². The van der Waals surface area contributed by atoms with E-state index in [1.807, 2.05) is 55.5 Å². The Morgan fingerprint density at radius 2 is 1.24 bits per heavy atom. The monoisotopic (exact) mass is 326 g/mol. The van der Waals surface area contributed by atoms with Crippen LogP contribution in [0.15, 0.2) is 78.9 Å². The lowest BCUT2D eigenvalue weighted by Gasteiger charge is -2.10. The first-order valence-electron chi connectivity index (χ1n) is 8.59. The molecular formula is C24H22O. The second-order valence-electron chi connectivity index (χ2n) is 5.68. The predicted molar refractivity (Wildman–Crippen MR) is 108 cm³/mol. The van der Waals surface area contributed by atoms with E-state index in [0.29, 0.717) is 6.61 Å². The van der Waals surface area contributed by atoms with Gasteiger partial charge in [-0.3, -0.25) is 0 Å². The van der Waals surface area contributed by atoms with Crippen LogP contribution in [0.2, 0.25) is 0 Å². The fourth-order valence-electron chi connectivity index (χ4n) is 2.66. The van der Waals surface area contributed by atoms with E-state index in [-0.39, 0.29) is 0 Å². The zero-order chi connectivity index (χ0) is 17.3. The Balaban J connectivity index is 1.96. The molecule has 0 fully saturated rings. The Morgan fingerprint density at radius 3 is 1.84 bits per heavy atom. The third kappa shape index (κ3) is 4.71. The zero-order valence-corrected chi connectivity index (χ0v) is 14.4. The smallest absolute Gasteiger partial charge is 0.127 e. The lowest BCUT2D eigenvalue weighted by atomic mass is 10.0. The van der Waals surface area contributed by atoms with Crippen molar-refractivity contribution < 1.29 is 4.74 Å². The van der Waals surface area contributed by atoms with Crippen molar-refractivity contribution in [2.75, 3.05) is 6.61 Å². The van der Waals surface area contributed by atoms with Crippen LogP contribution in [-0.2, 0) is 0 Å². The van der Waals surface area contributed by atoms with Crippen molar-refractivity contribution in [1.82, 2.24) is 0 Å². The molecule has 3 aromatic carbocycles. The van der Waals surface area contributed by atoms with Crippen molar-refractivity contribution in [3.63, 3.8) is 0 Å². The Kier molecular flexibility index (Phi) is 5.84. The van der Waals surface area contributed by atoms with Crippen LogP contribution in [0.25, 0.3) is 24.3 Å². The van der Waals surface area contributed by atoms with E-state index >= 15 is 0 Å². The maximum absolute atomic E-state index is 5.83. The van der Waals surface area contributed by atoms with Crippen LogP contribution in [-0.4, -0.2) is 6.61 Å². The molecule has 0 unspecified atom stereocenters. The van der Waals surface area contributed by atoms with Crippen LogP contribution in [0.3, 0.4) is 0 Å². The molecule has 0 aliphatic heterocycles. The van der Waals surface area contributed by atoms with Gasteiger partial charge in [-0.1, -0.05) is 97.1 Å². The standard InChI is InChI=1S/C24H22O/c1-2-25-24-15-9-14-22(18-16-20-10-5-3-6-11-20)23(24)19-17-21-12-7-4-8-13-21/h3-19H,2H2,1H3. The van der Waals surface area contributed by atoms with E-state index in [0.717, 1.165) is 16.9 Å². The number of ether oxygens (including phenoxy) is 1. The maximum atomic E-state index is 5.83. The molecule has 0 N–H and O–H groups in total. The minimum Gasteiger partial charge on any atom is -0.493 e. The maximum Gasteiger partial charge on any atom is 0.127 e. The van der Waals surface area contributed by atoms with E-state index in [2.05, 4.69) is 54.6 Å². The highest BCUT2D eigenvalue weighted by molar-refractivity contribution is 5.82. The van der Waals surface area contributed by atoms with E-state index < -0.39 is 0 Å². The molecule has 0 saturated heterocycles. The van der Waals surface area contributed by atoms with E-state index in [4.69, 9.17) is 4.74 Å². The largest absolute Gasteiger partial charge is 0.493 e. The van der Waals surface area contributed by atoms with Gasteiger partial charge in [-0.15, -0.1) is 0 Å². The van der Waals surface area contributed by atoms with E-state index in [9.17, 15) is 0 Å². The van der Waals surface area contributed by atoms with Crippen LogP contribution in [0.5, 0.6) is 5.75 Å². The quantitative estimate of drug-likeness (QED) is 0.474. The van der Waals surface area contributed by atoms with Crippen molar-refractivity contribution in [3.05, 3.63) is 101 Å². The third-order valence-corrected chi connectivity index (χ3v) is 3.90. The van der Waals surface area contributed by atoms with Crippen LogP contribution in [0.4, 0.5) is 0 Å². The van der Waals surface area contributed by atoms with Gasteiger partial charge in [0.15, 0.2) is 0 Å². The first-order chi connectivity index (χ1) is 12.4. The summed E-state index contributed by atoms with van der Waals surface area (Å²) in [7, 11) is 0. The predicted octanol–water partition coefficient (Wildman–Crippen LogP) is 6.43. The highest BCUT2D eigenvalue weighted by Crippen LogP contribution is 2.27. The number of benzene rings is 3. The van der Waals surface area contributed by atoms with Crippen molar-refractivity contribution in [1.29, 1.82) is 0 Å². The van der Waals surface area contributed by atoms with Crippen LogP contribution in [0.1, 0.15) is 29.2 Å². The topological polar surface area (TPSA) is 9.23 Å². The van der Waals surface area contributed by atoms with Gasteiger partial charge in [0.2, 0.25) is 0 Å². The molecule has 0 saturated carbocycles. The molecule has 0 amide bonds. The second kappa shape index (κ2) is 8.70. The van der Waals surface area contributed by atoms with Gasteiger partial charge in [-0.05, 0) is 29.7 Å². The van der Waals surface area contributed by atoms with Gasteiger partial charge in [0.25, 0.3) is 0 Å². The summed E-state index contributed by atoms with van der Waals surface area (Å²) in [5, 5.41) is 0. The molecule has 0 bridgehead atoms. The molecule has 0 radical (unpaired) electrons. The van der Waals surface area contributed by atoms with Gasteiger partial charge in [-0.25, -0.2) is 0 Å². The summed E-state index contributed by atoms with van der Waals surface area (Å²) < 4.78 is 5.83. The molecule has 0 heterocycles. The average Bonchev–Trinajstić information content (AvgIpc) is 2.67. The third-order valence-electron chi connectivity index (χ3n) is 3.90. The molecule has 0 atom stereocenters. The zero-order valence-electron chi connectivity index (χ0n) is 14.4. The fourth-order valence-corrected chi connectivity index (χ4v) is 2.66. The van der Waals surface area contributed by atoms with Crippen molar-refractivity contribution in [2.45, 2.75) is 6.92 Å². The highest BCUT2D eigenvalue weighted by atomic mass is 16.5. The highest BCUT2D eigenvalue weighted by Gasteiger charge is 2.04. The number of hydrogen-bond donors (Lipinski definition) is 0. The van der Waals surface area contributed by atoms with Gasteiger partial charge in [-0.2, -0.15) is 0 Å². The Hall–Kier alpha value is -3.06.